The maximum atomic E-state index is 5.84. The Labute approximate surface area is 108 Å². The van der Waals surface area contributed by atoms with E-state index in [9.17, 15) is 0 Å². The molecule has 0 amide bonds. The third-order valence-corrected chi connectivity index (χ3v) is 3.40. The van der Waals surface area contributed by atoms with Gasteiger partial charge in [-0.1, -0.05) is 23.9 Å². The van der Waals surface area contributed by atoms with Crippen molar-refractivity contribution in [2.24, 2.45) is 0 Å². The van der Waals surface area contributed by atoms with Gasteiger partial charge in [-0.05, 0) is 24.3 Å². The van der Waals surface area contributed by atoms with Crippen molar-refractivity contribution < 1.29 is 4.42 Å². The molecule has 0 aliphatic rings. The normalized spacial score (nSPS) is 10.9. The number of nitrogen functional groups attached to an aromatic ring is 1. The fourth-order valence-electron chi connectivity index (χ4n) is 1.65. The Bertz CT molecular complexity index is 666. The van der Waals surface area contributed by atoms with Gasteiger partial charge < -0.3 is 10.2 Å². The number of thioether (sulfide) groups is 1. The number of oxazole rings is 1. The summed E-state index contributed by atoms with van der Waals surface area (Å²) in [5.74, 6) is 1.31. The van der Waals surface area contributed by atoms with E-state index in [1.807, 2.05) is 36.4 Å². The molecule has 4 nitrogen and oxygen atoms in total. The molecule has 0 spiro atoms. The van der Waals surface area contributed by atoms with Crippen LogP contribution in [0.4, 0.5) is 5.69 Å². The molecule has 0 unspecified atom stereocenters. The van der Waals surface area contributed by atoms with Crippen LogP contribution in [0.2, 0.25) is 0 Å². The molecule has 5 heteroatoms. The van der Waals surface area contributed by atoms with Crippen molar-refractivity contribution in [2.75, 3.05) is 5.73 Å². The Hall–Kier alpha value is -2.01. The molecule has 3 aromatic rings. The van der Waals surface area contributed by atoms with Crippen LogP contribution in [0.5, 0.6) is 0 Å². The Morgan fingerprint density at radius 2 is 2.11 bits per heavy atom. The Morgan fingerprint density at radius 3 is 2.89 bits per heavy atom. The fourth-order valence-corrected chi connectivity index (χ4v) is 2.35. The molecule has 2 aromatic heterocycles. The lowest BCUT2D eigenvalue weighted by Crippen LogP contribution is -1.86. The first kappa shape index (κ1) is 11.1. The topological polar surface area (TPSA) is 64.9 Å². The van der Waals surface area contributed by atoms with E-state index >= 15 is 0 Å². The second kappa shape index (κ2) is 4.70. The van der Waals surface area contributed by atoms with E-state index in [4.69, 9.17) is 10.2 Å². The summed E-state index contributed by atoms with van der Waals surface area (Å²) in [6, 6.07) is 11.4. The zero-order valence-electron chi connectivity index (χ0n) is 9.54. The number of benzene rings is 1. The van der Waals surface area contributed by atoms with Gasteiger partial charge in [-0.15, -0.1) is 0 Å². The molecule has 0 atom stereocenters. The average Bonchev–Trinajstić information content (AvgIpc) is 2.82. The van der Waals surface area contributed by atoms with Crippen LogP contribution in [0.25, 0.3) is 11.1 Å². The number of rotatable bonds is 3. The number of hydrogen-bond acceptors (Lipinski definition) is 5. The Morgan fingerprint density at radius 1 is 1.17 bits per heavy atom. The van der Waals surface area contributed by atoms with E-state index in [2.05, 4.69) is 9.97 Å². The standard InChI is InChI=1S/C13H11N3OS/c14-9-4-3-5-10-13(9)16-11(17-10)8-18-12-6-1-2-7-15-12/h1-7H,8,14H2. The number of hydrogen-bond donors (Lipinski definition) is 1. The molecule has 0 radical (unpaired) electrons. The average molecular weight is 257 g/mol. The van der Waals surface area contributed by atoms with E-state index in [1.165, 1.54) is 0 Å². The van der Waals surface area contributed by atoms with Gasteiger partial charge in [0.1, 0.15) is 5.52 Å². The van der Waals surface area contributed by atoms with E-state index in [0.29, 0.717) is 17.3 Å². The highest BCUT2D eigenvalue weighted by Crippen LogP contribution is 2.25. The van der Waals surface area contributed by atoms with Gasteiger partial charge in [0.2, 0.25) is 5.89 Å². The third kappa shape index (κ3) is 2.17. The molecule has 2 N–H and O–H groups in total. The van der Waals surface area contributed by atoms with Crippen molar-refractivity contribution in [1.29, 1.82) is 0 Å². The lowest BCUT2D eigenvalue weighted by atomic mass is 10.3. The quantitative estimate of drug-likeness (QED) is 0.577. The van der Waals surface area contributed by atoms with Crippen molar-refractivity contribution in [3.05, 3.63) is 48.5 Å². The lowest BCUT2D eigenvalue weighted by Gasteiger charge is -1.95. The zero-order chi connectivity index (χ0) is 12.4. The number of fused-ring (bicyclic) bond motifs is 1. The molecular formula is C13H11N3OS. The van der Waals surface area contributed by atoms with E-state index < -0.39 is 0 Å². The predicted octanol–water partition coefficient (Wildman–Crippen LogP) is 3.10. The molecule has 0 fully saturated rings. The second-order valence-corrected chi connectivity index (χ2v) is 4.75. The summed E-state index contributed by atoms with van der Waals surface area (Å²) in [6.07, 6.45) is 1.77. The smallest absolute Gasteiger partial charge is 0.205 e. The number of nitrogens with two attached hydrogens (primary N) is 1. The van der Waals surface area contributed by atoms with Gasteiger partial charge in [-0.25, -0.2) is 9.97 Å². The Balaban J connectivity index is 1.81. The summed E-state index contributed by atoms with van der Waals surface area (Å²) < 4.78 is 5.63. The Kier molecular flexibility index (Phi) is 2.90. The van der Waals surface area contributed by atoms with Gasteiger partial charge >= 0.3 is 0 Å². The number of nitrogens with zero attached hydrogens (tertiary/aromatic N) is 2. The second-order valence-electron chi connectivity index (χ2n) is 3.76. The minimum atomic E-state index is 0.644. The van der Waals surface area contributed by atoms with E-state index in [-0.39, 0.29) is 0 Å². The van der Waals surface area contributed by atoms with Crippen LogP contribution in [0.1, 0.15) is 5.89 Å². The summed E-state index contributed by atoms with van der Waals surface area (Å²) >= 11 is 1.59. The highest BCUT2D eigenvalue weighted by Gasteiger charge is 2.08. The van der Waals surface area contributed by atoms with Gasteiger partial charge in [-0.2, -0.15) is 0 Å². The summed E-state index contributed by atoms with van der Waals surface area (Å²) in [5, 5.41) is 0.952. The number of aromatic nitrogens is 2. The third-order valence-electron chi connectivity index (χ3n) is 2.48. The van der Waals surface area contributed by atoms with Crippen molar-refractivity contribution in [1.82, 2.24) is 9.97 Å². The highest BCUT2D eigenvalue weighted by atomic mass is 32.2. The van der Waals surface area contributed by atoms with Crippen LogP contribution in [-0.4, -0.2) is 9.97 Å². The predicted molar refractivity (Wildman–Crippen MR) is 72.2 cm³/mol. The minimum absolute atomic E-state index is 0.644. The van der Waals surface area contributed by atoms with Gasteiger partial charge in [0.15, 0.2) is 5.58 Å². The summed E-state index contributed by atoms with van der Waals surface area (Å²) in [5.41, 5.74) is 7.94. The largest absolute Gasteiger partial charge is 0.440 e. The molecule has 0 bridgehead atoms. The molecule has 18 heavy (non-hydrogen) atoms. The first-order valence-electron chi connectivity index (χ1n) is 5.50. The molecule has 0 saturated heterocycles. The number of para-hydroxylation sites is 1. The first-order chi connectivity index (χ1) is 8.83. The molecule has 90 valence electrons. The SMILES string of the molecule is Nc1cccc2oc(CSc3ccccn3)nc12. The van der Waals surface area contributed by atoms with E-state index in [0.717, 1.165) is 16.1 Å². The van der Waals surface area contributed by atoms with Gasteiger partial charge in [0.05, 0.1) is 16.5 Å². The highest BCUT2D eigenvalue weighted by molar-refractivity contribution is 7.98. The maximum absolute atomic E-state index is 5.84. The summed E-state index contributed by atoms with van der Waals surface area (Å²) in [7, 11) is 0. The van der Waals surface area contributed by atoms with E-state index in [1.54, 1.807) is 18.0 Å². The summed E-state index contributed by atoms with van der Waals surface area (Å²) in [4.78, 5) is 8.62. The first-order valence-corrected chi connectivity index (χ1v) is 6.49. The molecule has 0 aliphatic heterocycles. The fraction of sp³-hybridized carbons (Fsp3) is 0.0769. The maximum Gasteiger partial charge on any atom is 0.205 e. The molecule has 3 rings (SSSR count). The van der Waals surface area contributed by atoms with Crippen LogP contribution in [0.15, 0.2) is 52.0 Å². The van der Waals surface area contributed by atoms with Gasteiger partial charge in [0.25, 0.3) is 0 Å². The van der Waals surface area contributed by atoms with Crippen LogP contribution >= 0.6 is 11.8 Å². The molecule has 1 aromatic carbocycles. The summed E-state index contributed by atoms with van der Waals surface area (Å²) in [6.45, 7) is 0. The van der Waals surface area contributed by atoms with Crippen molar-refractivity contribution in [3.8, 4) is 0 Å². The van der Waals surface area contributed by atoms with Crippen molar-refractivity contribution in [2.45, 2.75) is 10.8 Å². The van der Waals surface area contributed by atoms with Crippen LogP contribution in [-0.2, 0) is 5.75 Å². The number of anilines is 1. The van der Waals surface area contributed by atoms with Crippen molar-refractivity contribution >= 4 is 28.5 Å². The molecule has 0 saturated carbocycles. The lowest BCUT2D eigenvalue weighted by molar-refractivity contribution is 0.556. The van der Waals surface area contributed by atoms with Crippen LogP contribution in [0, 0.1) is 0 Å². The molecule has 0 aliphatic carbocycles. The van der Waals surface area contributed by atoms with Crippen LogP contribution in [0.3, 0.4) is 0 Å². The monoisotopic (exact) mass is 257 g/mol. The molecular weight excluding hydrogens is 246 g/mol. The van der Waals surface area contributed by atoms with Crippen molar-refractivity contribution in [3.63, 3.8) is 0 Å². The minimum Gasteiger partial charge on any atom is -0.440 e. The number of pyridine rings is 1. The van der Waals surface area contributed by atoms with Gasteiger partial charge in [-0.3, -0.25) is 0 Å². The molecule has 2 heterocycles. The van der Waals surface area contributed by atoms with Crippen LogP contribution < -0.4 is 5.73 Å². The van der Waals surface area contributed by atoms with Gasteiger partial charge in [0, 0.05) is 6.20 Å². The zero-order valence-corrected chi connectivity index (χ0v) is 10.4.